The van der Waals surface area contributed by atoms with Crippen molar-refractivity contribution in [2.45, 2.75) is 20.5 Å². The Kier molecular flexibility index (Phi) is 3.67. The summed E-state index contributed by atoms with van der Waals surface area (Å²) in [5.74, 6) is 0.614. The van der Waals surface area contributed by atoms with Gasteiger partial charge in [-0.2, -0.15) is 0 Å². The molecule has 0 saturated heterocycles. The minimum Gasteiger partial charge on any atom is -0.486 e. The van der Waals surface area contributed by atoms with Crippen molar-refractivity contribution in [2.24, 2.45) is 0 Å². The molecule has 0 bridgehead atoms. The van der Waals surface area contributed by atoms with E-state index in [1.165, 1.54) is 0 Å². The topological polar surface area (TPSA) is 61.0 Å². The van der Waals surface area contributed by atoms with E-state index in [0.29, 0.717) is 17.4 Å². The Bertz CT molecular complexity index is 572. The predicted octanol–water partition coefficient (Wildman–Crippen LogP) is 2.91. The molecule has 0 aromatic carbocycles. The van der Waals surface area contributed by atoms with Gasteiger partial charge >= 0.3 is 0 Å². The van der Waals surface area contributed by atoms with E-state index in [2.05, 4.69) is 9.97 Å². The maximum absolute atomic E-state index is 5.95. The largest absolute Gasteiger partial charge is 0.486 e. The van der Waals surface area contributed by atoms with Crippen LogP contribution in [0.3, 0.4) is 0 Å². The Morgan fingerprint density at radius 2 is 2.06 bits per heavy atom. The SMILES string of the molecule is Cc1cnc(COc2cncc(Cl)c2)c(C)c1N. The Balaban J connectivity index is 2.14. The van der Waals surface area contributed by atoms with Gasteiger partial charge in [-0.1, -0.05) is 11.6 Å². The van der Waals surface area contributed by atoms with Crippen molar-refractivity contribution in [2.75, 3.05) is 5.73 Å². The van der Waals surface area contributed by atoms with Gasteiger partial charge < -0.3 is 10.5 Å². The van der Waals surface area contributed by atoms with E-state index in [-0.39, 0.29) is 0 Å². The molecular weight excluding hydrogens is 250 g/mol. The molecule has 0 aliphatic carbocycles. The molecule has 5 heteroatoms. The first-order valence-electron chi connectivity index (χ1n) is 5.52. The average molecular weight is 264 g/mol. The van der Waals surface area contributed by atoms with Gasteiger partial charge in [-0.15, -0.1) is 0 Å². The maximum Gasteiger partial charge on any atom is 0.139 e. The van der Waals surface area contributed by atoms with Crippen LogP contribution in [0, 0.1) is 13.8 Å². The lowest BCUT2D eigenvalue weighted by molar-refractivity contribution is 0.299. The lowest BCUT2D eigenvalue weighted by Gasteiger charge is -2.11. The molecule has 2 aromatic rings. The Morgan fingerprint density at radius 3 is 2.78 bits per heavy atom. The second kappa shape index (κ2) is 5.23. The van der Waals surface area contributed by atoms with Gasteiger partial charge in [0.1, 0.15) is 12.4 Å². The number of aryl methyl sites for hydroxylation is 1. The lowest BCUT2D eigenvalue weighted by Crippen LogP contribution is -2.05. The highest BCUT2D eigenvalue weighted by molar-refractivity contribution is 6.30. The van der Waals surface area contributed by atoms with Crippen LogP contribution in [0.1, 0.15) is 16.8 Å². The summed E-state index contributed by atoms with van der Waals surface area (Å²) in [6.45, 7) is 4.21. The molecule has 0 amide bonds. The zero-order valence-electron chi connectivity index (χ0n) is 10.3. The normalized spacial score (nSPS) is 10.4. The summed E-state index contributed by atoms with van der Waals surface area (Å²) in [5.41, 5.74) is 9.44. The number of anilines is 1. The first-order valence-corrected chi connectivity index (χ1v) is 5.89. The van der Waals surface area contributed by atoms with Gasteiger partial charge in [-0.05, 0) is 25.0 Å². The number of ether oxygens (including phenoxy) is 1. The summed E-state index contributed by atoms with van der Waals surface area (Å²) in [7, 11) is 0. The van der Waals surface area contributed by atoms with Gasteiger partial charge in [0.15, 0.2) is 0 Å². The molecule has 18 heavy (non-hydrogen) atoms. The van der Waals surface area contributed by atoms with Crippen LogP contribution < -0.4 is 10.5 Å². The summed E-state index contributed by atoms with van der Waals surface area (Å²) in [6, 6.07) is 1.71. The van der Waals surface area contributed by atoms with Crippen LogP contribution in [-0.2, 0) is 6.61 Å². The zero-order valence-corrected chi connectivity index (χ0v) is 11.0. The highest BCUT2D eigenvalue weighted by atomic mass is 35.5. The van der Waals surface area contributed by atoms with E-state index in [1.807, 2.05) is 13.8 Å². The third kappa shape index (κ3) is 2.71. The number of nitrogens with two attached hydrogens (primary N) is 1. The molecular formula is C13H14ClN3O. The van der Waals surface area contributed by atoms with E-state index >= 15 is 0 Å². The van der Waals surface area contributed by atoms with E-state index in [4.69, 9.17) is 22.1 Å². The van der Waals surface area contributed by atoms with Gasteiger partial charge in [-0.25, -0.2) is 0 Å². The molecule has 0 unspecified atom stereocenters. The molecule has 2 aromatic heterocycles. The highest BCUT2D eigenvalue weighted by Crippen LogP contribution is 2.20. The number of hydrogen-bond acceptors (Lipinski definition) is 4. The van der Waals surface area contributed by atoms with Crippen LogP contribution in [0.5, 0.6) is 5.75 Å². The van der Waals surface area contributed by atoms with Gasteiger partial charge in [0.2, 0.25) is 0 Å². The van der Waals surface area contributed by atoms with E-state index < -0.39 is 0 Å². The first-order chi connectivity index (χ1) is 8.58. The van der Waals surface area contributed by atoms with E-state index in [9.17, 15) is 0 Å². The molecule has 94 valence electrons. The number of halogens is 1. The zero-order chi connectivity index (χ0) is 13.1. The summed E-state index contributed by atoms with van der Waals surface area (Å²) >= 11 is 5.83. The monoisotopic (exact) mass is 263 g/mol. The minimum absolute atomic E-state index is 0.346. The molecule has 2 N–H and O–H groups in total. The number of rotatable bonds is 3. The highest BCUT2D eigenvalue weighted by Gasteiger charge is 2.07. The maximum atomic E-state index is 5.95. The third-order valence-electron chi connectivity index (χ3n) is 2.73. The van der Waals surface area contributed by atoms with Crippen LogP contribution in [0.15, 0.2) is 24.7 Å². The van der Waals surface area contributed by atoms with E-state index in [0.717, 1.165) is 22.5 Å². The molecule has 0 aliphatic rings. The summed E-state index contributed by atoms with van der Waals surface area (Å²) in [5, 5.41) is 0.542. The predicted molar refractivity (Wildman–Crippen MR) is 71.7 cm³/mol. The van der Waals surface area contributed by atoms with Crippen molar-refractivity contribution >= 4 is 17.3 Å². The molecule has 2 rings (SSSR count). The summed E-state index contributed by atoms with van der Waals surface area (Å²) in [4.78, 5) is 8.27. The van der Waals surface area contributed by atoms with Gasteiger partial charge in [-0.3, -0.25) is 9.97 Å². The van der Waals surface area contributed by atoms with Crippen molar-refractivity contribution < 1.29 is 4.74 Å². The quantitative estimate of drug-likeness (QED) is 0.925. The Labute approximate surface area is 111 Å². The van der Waals surface area contributed by atoms with Crippen LogP contribution in [0.2, 0.25) is 5.02 Å². The molecule has 0 fully saturated rings. The van der Waals surface area contributed by atoms with Crippen molar-refractivity contribution in [1.29, 1.82) is 0 Å². The molecule has 4 nitrogen and oxygen atoms in total. The number of hydrogen-bond donors (Lipinski definition) is 1. The van der Waals surface area contributed by atoms with Crippen molar-refractivity contribution in [1.82, 2.24) is 9.97 Å². The number of nitrogen functional groups attached to an aromatic ring is 1. The second-order valence-corrected chi connectivity index (χ2v) is 4.49. The summed E-state index contributed by atoms with van der Waals surface area (Å²) in [6.07, 6.45) is 4.91. The fourth-order valence-electron chi connectivity index (χ4n) is 1.56. The lowest BCUT2D eigenvalue weighted by atomic mass is 10.1. The van der Waals surface area contributed by atoms with Crippen molar-refractivity contribution in [3.63, 3.8) is 0 Å². The van der Waals surface area contributed by atoms with Crippen LogP contribution in [-0.4, -0.2) is 9.97 Å². The third-order valence-corrected chi connectivity index (χ3v) is 2.94. The number of pyridine rings is 2. The molecule has 0 spiro atoms. The fourth-order valence-corrected chi connectivity index (χ4v) is 1.72. The Morgan fingerprint density at radius 1 is 1.28 bits per heavy atom. The van der Waals surface area contributed by atoms with Crippen LogP contribution >= 0.6 is 11.6 Å². The second-order valence-electron chi connectivity index (χ2n) is 4.05. The summed E-state index contributed by atoms with van der Waals surface area (Å²) < 4.78 is 5.58. The molecule has 0 atom stereocenters. The molecule has 0 radical (unpaired) electrons. The van der Waals surface area contributed by atoms with Crippen LogP contribution in [0.4, 0.5) is 5.69 Å². The van der Waals surface area contributed by atoms with Gasteiger partial charge in [0.25, 0.3) is 0 Å². The Hall–Kier alpha value is -1.81. The molecule has 2 heterocycles. The first kappa shape index (κ1) is 12.6. The number of nitrogens with zero attached hydrogens (tertiary/aromatic N) is 2. The number of aromatic nitrogens is 2. The van der Waals surface area contributed by atoms with Crippen molar-refractivity contribution in [3.05, 3.63) is 46.5 Å². The molecule has 0 saturated carbocycles. The van der Waals surface area contributed by atoms with Crippen LogP contribution in [0.25, 0.3) is 0 Å². The van der Waals surface area contributed by atoms with Gasteiger partial charge in [0.05, 0.1) is 16.9 Å². The molecule has 0 aliphatic heterocycles. The minimum atomic E-state index is 0.346. The smallest absolute Gasteiger partial charge is 0.139 e. The standard InChI is InChI=1S/C13H14ClN3O/c1-8-4-17-12(9(2)13(8)15)7-18-11-3-10(14)5-16-6-11/h3-6H,7H2,1-2H3,(H2,15,17). The average Bonchev–Trinajstić information content (AvgIpc) is 2.35. The van der Waals surface area contributed by atoms with E-state index in [1.54, 1.807) is 24.7 Å². The fraction of sp³-hybridized carbons (Fsp3) is 0.231. The van der Waals surface area contributed by atoms with Gasteiger partial charge in [0, 0.05) is 24.1 Å². The van der Waals surface area contributed by atoms with Crippen molar-refractivity contribution in [3.8, 4) is 5.75 Å².